The smallest absolute Gasteiger partial charge is 0.191 e. The molecular formula is C16H22IN3O2S. The summed E-state index contributed by atoms with van der Waals surface area (Å²) in [6.45, 7) is 3.84. The van der Waals surface area contributed by atoms with Crippen molar-refractivity contribution in [2.75, 3.05) is 18.8 Å². The molecule has 1 unspecified atom stereocenters. The van der Waals surface area contributed by atoms with Gasteiger partial charge in [-0.1, -0.05) is 18.2 Å². The number of nitrogens with one attached hydrogen (secondary N) is 2. The molecule has 1 heterocycles. The average molecular weight is 447 g/mol. The molecule has 2 aromatic rings. The van der Waals surface area contributed by atoms with Crippen molar-refractivity contribution < 1.29 is 8.63 Å². The number of halogens is 1. The Morgan fingerprint density at radius 3 is 2.61 bits per heavy atom. The number of aliphatic imine (C=N–C) groups is 1. The first-order valence-corrected chi connectivity index (χ1v) is 8.59. The van der Waals surface area contributed by atoms with Gasteiger partial charge in [-0.3, -0.25) is 4.21 Å². The van der Waals surface area contributed by atoms with E-state index in [1.165, 1.54) is 0 Å². The second-order valence-corrected chi connectivity index (χ2v) is 6.13. The summed E-state index contributed by atoms with van der Waals surface area (Å²) in [5.74, 6) is 2.05. The van der Waals surface area contributed by atoms with Crippen LogP contribution in [0.4, 0.5) is 0 Å². The number of rotatable bonds is 7. The number of nitrogens with zero attached hydrogens (tertiary/aromatic N) is 1. The van der Waals surface area contributed by atoms with Crippen molar-refractivity contribution in [3.05, 3.63) is 54.5 Å². The van der Waals surface area contributed by atoms with Crippen LogP contribution in [0.1, 0.15) is 12.7 Å². The highest BCUT2D eigenvalue weighted by Gasteiger charge is 2.04. The van der Waals surface area contributed by atoms with Gasteiger partial charge in [0.05, 0.1) is 17.1 Å². The van der Waals surface area contributed by atoms with Crippen LogP contribution in [0.2, 0.25) is 0 Å². The molecule has 0 saturated heterocycles. The zero-order chi connectivity index (χ0) is 15.6. The predicted molar refractivity (Wildman–Crippen MR) is 105 cm³/mol. The van der Waals surface area contributed by atoms with Gasteiger partial charge in [0, 0.05) is 23.7 Å². The fourth-order valence-electron chi connectivity index (χ4n) is 1.85. The molecule has 23 heavy (non-hydrogen) atoms. The summed E-state index contributed by atoms with van der Waals surface area (Å²) >= 11 is 0. The van der Waals surface area contributed by atoms with Gasteiger partial charge in [0.15, 0.2) is 5.96 Å². The molecule has 0 aliphatic rings. The van der Waals surface area contributed by atoms with Crippen molar-refractivity contribution in [2.45, 2.75) is 18.4 Å². The summed E-state index contributed by atoms with van der Waals surface area (Å²) in [4.78, 5) is 5.28. The molecule has 0 amide bonds. The van der Waals surface area contributed by atoms with Crippen molar-refractivity contribution in [3.8, 4) is 0 Å². The van der Waals surface area contributed by atoms with E-state index in [9.17, 15) is 4.21 Å². The van der Waals surface area contributed by atoms with Gasteiger partial charge in [-0.05, 0) is 31.2 Å². The van der Waals surface area contributed by atoms with E-state index in [1.54, 1.807) is 6.26 Å². The molecule has 2 rings (SSSR count). The number of hydrogen-bond donors (Lipinski definition) is 2. The van der Waals surface area contributed by atoms with Crippen molar-refractivity contribution in [2.24, 2.45) is 4.99 Å². The van der Waals surface area contributed by atoms with Gasteiger partial charge < -0.3 is 15.1 Å². The average Bonchev–Trinajstić information content (AvgIpc) is 3.06. The third-order valence-electron chi connectivity index (χ3n) is 2.90. The Morgan fingerprint density at radius 2 is 1.96 bits per heavy atom. The maximum Gasteiger partial charge on any atom is 0.191 e. The lowest BCUT2D eigenvalue weighted by molar-refractivity contribution is 0.512. The van der Waals surface area contributed by atoms with Gasteiger partial charge in [0.2, 0.25) is 0 Å². The number of benzene rings is 1. The molecule has 2 N–H and O–H groups in total. The van der Waals surface area contributed by atoms with Gasteiger partial charge in [-0.2, -0.15) is 0 Å². The highest BCUT2D eigenvalue weighted by atomic mass is 127. The van der Waals surface area contributed by atoms with Gasteiger partial charge in [-0.25, -0.2) is 4.99 Å². The Hall–Kier alpha value is -1.35. The second-order valence-electron chi connectivity index (χ2n) is 4.56. The number of hydrogen-bond acceptors (Lipinski definition) is 3. The van der Waals surface area contributed by atoms with Gasteiger partial charge in [0.1, 0.15) is 12.3 Å². The van der Waals surface area contributed by atoms with E-state index < -0.39 is 10.8 Å². The molecular weight excluding hydrogens is 425 g/mol. The lowest BCUT2D eigenvalue weighted by Crippen LogP contribution is -2.39. The summed E-state index contributed by atoms with van der Waals surface area (Å²) < 4.78 is 17.4. The summed E-state index contributed by atoms with van der Waals surface area (Å²) in [5, 5.41) is 6.34. The Balaban J connectivity index is 0.00000264. The van der Waals surface area contributed by atoms with E-state index in [0.29, 0.717) is 24.8 Å². The van der Waals surface area contributed by atoms with Crippen molar-refractivity contribution >= 4 is 40.7 Å². The first-order valence-electron chi connectivity index (χ1n) is 7.27. The maximum absolute atomic E-state index is 12.1. The molecule has 1 aromatic heterocycles. The van der Waals surface area contributed by atoms with Crippen LogP contribution in [0.25, 0.3) is 0 Å². The van der Waals surface area contributed by atoms with Crippen LogP contribution in [0.15, 0.2) is 63.0 Å². The van der Waals surface area contributed by atoms with Gasteiger partial charge in [0.25, 0.3) is 0 Å². The van der Waals surface area contributed by atoms with Crippen LogP contribution in [0.3, 0.4) is 0 Å². The summed E-state index contributed by atoms with van der Waals surface area (Å²) in [6, 6.07) is 13.2. The standard InChI is InChI=1S/C16H21N3O2S.HI/c1-2-17-16(19-13-14-7-6-11-21-14)18-10-12-22(20)15-8-4-3-5-9-15;/h3-9,11H,2,10,12-13H2,1H3,(H2,17,18,19);1H. The number of furan rings is 1. The van der Waals surface area contributed by atoms with Crippen molar-refractivity contribution in [3.63, 3.8) is 0 Å². The SMILES string of the molecule is CCNC(=NCc1ccco1)NCCS(=O)c1ccccc1.I. The fraction of sp³-hybridized carbons (Fsp3) is 0.312. The lowest BCUT2D eigenvalue weighted by Gasteiger charge is -2.10. The van der Waals surface area contributed by atoms with E-state index in [0.717, 1.165) is 17.2 Å². The first-order chi connectivity index (χ1) is 10.8. The molecule has 5 nitrogen and oxygen atoms in total. The minimum atomic E-state index is -1.00. The lowest BCUT2D eigenvalue weighted by atomic mass is 10.4. The Bertz CT molecular complexity index is 603. The minimum absolute atomic E-state index is 0. The Kier molecular flexibility index (Phi) is 9.61. The summed E-state index contributed by atoms with van der Waals surface area (Å²) in [7, 11) is -1.00. The molecule has 0 radical (unpaired) electrons. The van der Waals surface area contributed by atoms with Crippen LogP contribution in [-0.4, -0.2) is 29.0 Å². The van der Waals surface area contributed by atoms with Gasteiger partial charge in [-0.15, -0.1) is 24.0 Å². The minimum Gasteiger partial charge on any atom is -0.467 e. The van der Waals surface area contributed by atoms with Crippen molar-refractivity contribution in [1.82, 2.24) is 10.6 Å². The normalized spacial score (nSPS) is 12.3. The molecule has 126 valence electrons. The Morgan fingerprint density at radius 1 is 1.17 bits per heavy atom. The summed E-state index contributed by atoms with van der Waals surface area (Å²) in [5.41, 5.74) is 0. The molecule has 1 aromatic carbocycles. The van der Waals surface area contributed by atoms with Crippen LogP contribution in [0, 0.1) is 0 Å². The quantitative estimate of drug-likeness (QED) is 0.389. The highest BCUT2D eigenvalue weighted by Crippen LogP contribution is 2.04. The predicted octanol–water partition coefficient (Wildman–Crippen LogP) is 2.76. The highest BCUT2D eigenvalue weighted by molar-refractivity contribution is 14.0. The van der Waals surface area contributed by atoms with E-state index >= 15 is 0 Å². The fourth-order valence-corrected chi connectivity index (χ4v) is 2.84. The molecule has 0 aliphatic carbocycles. The van der Waals surface area contributed by atoms with E-state index in [4.69, 9.17) is 4.42 Å². The zero-order valence-corrected chi connectivity index (χ0v) is 16.2. The second kappa shape index (κ2) is 11.2. The topological polar surface area (TPSA) is 66.6 Å². The molecule has 0 spiro atoms. The van der Waals surface area contributed by atoms with E-state index in [1.807, 2.05) is 49.4 Å². The molecule has 0 saturated carbocycles. The van der Waals surface area contributed by atoms with Crippen LogP contribution in [0.5, 0.6) is 0 Å². The van der Waals surface area contributed by atoms with Crippen LogP contribution in [-0.2, 0) is 17.3 Å². The maximum atomic E-state index is 12.1. The van der Waals surface area contributed by atoms with Crippen molar-refractivity contribution in [1.29, 1.82) is 0 Å². The molecule has 0 bridgehead atoms. The van der Waals surface area contributed by atoms with Gasteiger partial charge >= 0.3 is 0 Å². The monoisotopic (exact) mass is 447 g/mol. The first kappa shape index (κ1) is 19.7. The van der Waals surface area contributed by atoms with E-state index in [2.05, 4.69) is 15.6 Å². The number of guanidine groups is 1. The molecule has 1 atom stereocenters. The third kappa shape index (κ3) is 7.17. The molecule has 7 heteroatoms. The van der Waals surface area contributed by atoms with Crippen LogP contribution >= 0.6 is 24.0 Å². The zero-order valence-electron chi connectivity index (χ0n) is 13.0. The largest absolute Gasteiger partial charge is 0.467 e. The third-order valence-corrected chi connectivity index (χ3v) is 4.28. The van der Waals surface area contributed by atoms with Crippen LogP contribution < -0.4 is 10.6 Å². The summed E-state index contributed by atoms with van der Waals surface area (Å²) in [6.07, 6.45) is 1.63. The molecule has 0 aliphatic heterocycles. The van der Waals surface area contributed by atoms with E-state index in [-0.39, 0.29) is 24.0 Å². The molecule has 0 fully saturated rings. The Labute approximate surface area is 156 Å².